The Morgan fingerprint density at radius 3 is 2.62 bits per heavy atom. The molecule has 0 aliphatic rings. The van der Waals surface area contributed by atoms with E-state index in [2.05, 4.69) is 15.4 Å². The van der Waals surface area contributed by atoms with E-state index in [1.807, 2.05) is 18.2 Å². The number of oxime groups is 1. The highest BCUT2D eigenvalue weighted by molar-refractivity contribution is 7.99. The van der Waals surface area contributed by atoms with E-state index < -0.39 is 5.97 Å². The van der Waals surface area contributed by atoms with Gasteiger partial charge in [0.15, 0.2) is 5.84 Å². The maximum absolute atomic E-state index is 11.8. The van der Waals surface area contributed by atoms with Crippen LogP contribution in [0.4, 0.5) is 0 Å². The average molecular weight is 389 g/mol. The van der Waals surface area contributed by atoms with E-state index in [4.69, 9.17) is 26.6 Å². The minimum absolute atomic E-state index is 0.0478. The Morgan fingerprint density at radius 1 is 1.15 bits per heavy atom. The Hall–Kier alpha value is -2.84. The van der Waals surface area contributed by atoms with Gasteiger partial charge in [-0.15, -0.1) is 10.2 Å². The maximum atomic E-state index is 11.8. The fourth-order valence-corrected chi connectivity index (χ4v) is 2.54. The van der Waals surface area contributed by atoms with Gasteiger partial charge in [-0.2, -0.15) is 0 Å². The number of carbonyl (C=O) groups is 1. The number of aromatic nitrogens is 2. The summed E-state index contributed by atoms with van der Waals surface area (Å²) in [6, 6.07) is 16.0. The van der Waals surface area contributed by atoms with Crippen LogP contribution in [0.1, 0.15) is 5.56 Å². The van der Waals surface area contributed by atoms with E-state index in [1.54, 1.807) is 36.4 Å². The molecule has 0 atom stereocenters. The molecule has 1 aromatic heterocycles. The Bertz CT molecular complexity index is 913. The maximum Gasteiger partial charge on any atom is 0.345 e. The molecule has 0 saturated carbocycles. The van der Waals surface area contributed by atoms with Gasteiger partial charge < -0.3 is 15.0 Å². The van der Waals surface area contributed by atoms with Crippen LogP contribution in [-0.4, -0.2) is 27.8 Å². The third-order valence-corrected chi connectivity index (χ3v) is 4.17. The second kappa shape index (κ2) is 8.50. The number of amidine groups is 1. The molecular weight excluding hydrogens is 376 g/mol. The Balaban J connectivity index is 1.53. The van der Waals surface area contributed by atoms with Crippen LogP contribution in [0.2, 0.25) is 5.02 Å². The van der Waals surface area contributed by atoms with Gasteiger partial charge in [-0.1, -0.05) is 58.9 Å². The van der Waals surface area contributed by atoms with Gasteiger partial charge in [0.25, 0.3) is 5.22 Å². The monoisotopic (exact) mass is 388 g/mol. The highest BCUT2D eigenvalue weighted by Crippen LogP contribution is 2.24. The molecular formula is C17H13ClN4O3S. The van der Waals surface area contributed by atoms with Crippen molar-refractivity contribution in [3.63, 3.8) is 0 Å². The first-order valence-corrected chi connectivity index (χ1v) is 8.79. The van der Waals surface area contributed by atoms with Gasteiger partial charge in [-0.3, -0.25) is 0 Å². The number of hydrogen-bond acceptors (Lipinski definition) is 7. The minimum atomic E-state index is -0.583. The normalized spacial score (nSPS) is 11.3. The molecule has 0 saturated heterocycles. The van der Waals surface area contributed by atoms with Crippen LogP contribution in [0.25, 0.3) is 11.5 Å². The molecule has 2 N–H and O–H groups in total. The lowest BCUT2D eigenvalue weighted by atomic mass is 10.2. The van der Waals surface area contributed by atoms with E-state index in [0.29, 0.717) is 16.5 Å². The molecule has 0 amide bonds. The quantitative estimate of drug-likeness (QED) is 0.227. The van der Waals surface area contributed by atoms with Gasteiger partial charge in [0.2, 0.25) is 5.89 Å². The number of benzene rings is 2. The van der Waals surface area contributed by atoms with Crippen molar-refractivity contribution in [3.05, 3.63) is 65.2 Å². The minimum Gasteiger partial charge on any atom is -0.411 e. The van der Waals surface area contributed by atoms with Gasteiger partial charge in [0.1, 0.15) is 5.75 Å². The van der Waals surface area contributed by atoms with Gasteiger partial charge in [0.05, 0.1) is 0 Å². The molecule has 9 heteroatoms. The van der Waals surface area contributed by atoms with Crippen LogP contribution in [-0.2, 0) is 9.63 Å². The van der Waals surface area contributed by atoms with Crippen LogP contribution in [0.5, 0.6) is 0 Å². The van der Waals surface area contributed by atoms with E-state index in [1.165, 1.54) is 0 Å². The molecule has 1 heterocycles. The third-order valence-electron chi connectivity index (χ3n) is 3.13. The molecule has 2 aromatic carbocycles. The smallest absolute Gasteiger partial charge is 0.345 e. The number of nitrogens with two attached hydrogens (primary N) is 1. The second-order valence-corrected chi connectivity index (χ2v) is 6.34. The number of nitrogens with zero attached hydrogens (tertiary/aromatic N) is 3. The number of halogens is 1. The van der Waals surface area contributed by atoms with Gasteiger partial charge in [-0.25, -0.2) is 4.79 Å². The van der Waals surface area contributed by atoms with Crippen LogP contribution in [0.3, 0.4) is 0 Å². The Morgan fingerprint density at radius 2 is 1.88 bits per heavy atom. The molecule has 0 fully saturated rings. The molecule has 7 nitrogen and oxygen atoms in total. The third kappa shape index (κ3) is 4.84. The van der Waals surface area contributed by atoms with Crippen LogP contribution >= 0.6 is 23.4 Å². The number of hydrogen-bond donors (Lipinski definition) is 1. The fraction of sp³-hybridized carbons (Fsp3) is 0.0588. The van der Waals surface area contributed by atoms with Crippen molar-refractivity contribution in [2.24, 2.45) is 10.9 Å². The number of rotatable bonds is 6. The highest BCUT2D eigenvalue weighted by Gasteiger charge is 2.12. The summed E-state index contributed by atoms with van der Waals surface area (Å²) in [4.78, 5) is 16.5. The molecule has 3 rings (SSSR count). The molecule has 0 aliphatic heterocycles. The van der Waals surface area contributed by atoms with Crippen LogP contribution in [0, 0.1) is 0 Å². The average Bonchev–Trinajstić information content (AvgIpc) is 3.14. The van der Waals surface area contributed by atoms with Crippen molar-refractivity contribution in [2.45, 2.75) is 5.22 Å². The largest absolute Gasteiger partial charge is 0.411 e. The summed E-state index contributed by atoms with van der Waals surface area (Å²) in [5.74, 6) is -0.177. The Kier molecular flexibility index (Phi) is 5.88. The molecule has 132 valence electrons. The summed E-state index contributed by atoms with van der Waals surface area (Å²) in [7, 11) is 0. The van der Waals surface area contributed by atoms with Crippen molar-refractivity contribution in [3.8, 4) is 11.5 Å². The predicted molar refractivity (Wildman–Crippen MR) is 98.7 cm³/mol. The molecule has 0 aliphatic carbocycles. The zero-order valence-corrected chi connectivity index (χ0v) is 14.9. The second-order valence-electron chi connectivity index (χ2n) is 4.97. The lowest BCUT2D eigenvalue weighted by Gasteiger charge is -2.00. The standard InChI is InChI=1S/C17H13ClN4O3S/c18-13-8-6-12(7-9-13)16-20-21-17(24-16)26-10-14(23)25-22-15(19)11-4-2-1-3-5-11/h1-9H,10H2,(H2,19,22). The lowest BCUT2D eigenvalue weighted by molar-refractivity contribution is -0.140. The van der Waals surface area contributed by atoms with Crippen molar-refractivity contribution >= 4 is 35.2 Å². The highest BCUT2D eigenvalue weighted by atomic mass is 35.5. The summed E-state index contributed by atoms with van der Waals surface area (Å²) in [5, 5.41) is 12.3. The molecule has 0 radical (unpaired) electrons. The van der Waals surface area contributed by atoms with Gasteiger partial charge >= 0.3 is 5.97 Å². The number of carbonyl (C=O) groups excluding carboxylic acids is 1. The van der Waals surface area contributed by atoms with Crippen molar-refractivity contribution in [1.82, 2.24) is 10.2 Å². The van der Waals surface area contributed by atoms with E-state index in [-0.39, 0.29) is 16.8 Å². The summed E-state index contributed by atoms with van der Waals surface area (Å²) in [5.41, 5.74) is 7.14. The summed E-state index contributed by atoms with van der Waals surface area (Å²) in [6.07, 6.45) is 0. The first-order valence-electron chi connectivity index (χ1n) is 7.43. The van der Waals surface area contributed by atoms with E-state index in [0.717, 1.165) is 17.3 Å². The number of thioether (sulfide) groups is 1. The Labute approximate surface area is 158 Å². The zero-order chi connectivity index (χ0) is 18.4. The fourth-order valence-electron chi connectivity index (χ4n) is 1.89. The van der Waals surface area contributed by atoms with E-state index >= 15 is 0 Å². The predicted octanol–water partition coefficient (Wildman–Crippen LogP) is 3.35. The van der Waals surface area contributed by atoms with E-state index in [9.17, 15) is 4.79 Å². The van der Waals surface area contributed by atoms with Crippen molar-refractivity contribution in [2.75, 3.05) is 5.75 Å². The molecule has 26 heavy (non-hydrogen) atoms. The molecule has 3 aromatic rings. The summed E-state index contributed by atoms with van der Waals surface area (Å²) >= 11 is 6.88. The lowest BCUT2D eigenvalue weighted by Crippen LogP contribution is -2.15. The first-order chi connectivity index (χ1) is 12.6. The van der Waals surface area contributed by atoms with Crippen LogP contribution in [0.15, 0.2) is 69.4 Å². The molecule has 0 bridgehead atoms. The SMILES string of the molecule is N/C(=N\OC(=O)CSc1nnc(-c2ccc(Cl)cc2)o1)c1ccccc1. The summed E-state index contributed by atoms with van der Waals surface area (Å²) in [6.45, 7) is 0. The zero-order valence-electron chi connectivity index (χ0n) is 13.3. The van der Waals surface area contributed by atoms with Crippen molar-refractivity contribution in [1.29, 1.82) is 0 Å². The topological polar surface area (TPSA) is 104 Å². The van der Waals surface area contributed by atoms with Crippen molar-refractivity contribution < 1.29 is 14.0 Å². The van der Waals surface area contributed by atoms with Gasteiger partial charge in [0, 0.05) is 16.1 Å². The summed E-state index contributed by atoms with van der Waals surface area (Å²) < 4.78 is 5.48. The molecule has 0 spiro atoms. The van der Waals surface area contributed by atoms with Crippen LogP contribution < -0.4 is 5.73 Å². The van der Waals surface area contributed by atoms with Gasteiger partial charge in [-0.05, 0) is 24.3 Å². The molecule has 0 unspecified atom stereocenters. The first kappa shape index (κ1) is 18.0.